The smallest absolute Gasteiger partial charge is 0.318 e. The SMILES string of the molecule is CCOC(=O)C(C(=O)c1ccc(Br)cc1)C1(C(=O)OCC)CCC(O[Si](C)(C)C(C)(C)C)CC1. The molecule has 0 aliphatic heterocycles. The van der Waals surface area contributed by atoms with E-state index in [1.54, 1.807) is 38.1 Å². The molecule has 8 heteroatoms. The number of hydrogen-bond acceptors (Lipinski definition) is 6. The number of hydrogen-bond donors (Lipinski definition) is 0. The maximum absolute atomic E-state index is 13.7. The molecule has 190 valence electrons. The molecule has 0 spiro atoms. The molecule has 1 saturated carbocycles. The van der Waals surface area contributed by atoms with Gasteiger partial charge in [-0.05, 0) is 69.8 Å². The Morgan fingerprint density at radius 1 is 1.03 bits per heavy atom. The van der Waals surface area contributed by atoms with Crippen LogP contribution in [0, 0.1) is 11.3 Å². The fourth-order valence-electron chi connectivity index (χ4n) is 4.29. The molecule has 0 bridgehead atoms. The minimum atomic E-state index is -2.00. The number of benzene rings is 1. The fraction of sp³-hybridized carbons (Fsp3) is 0.654. The predicted molar refractivity (Wildman–Crippen MR) is 138 cm³/mol. The standard InChI is InChI=1S/C26H39BrO6Si/c1-8-31-23(29)21(22(28)18-10-12-19(27)13-11-18)26(24(30)32-9-2)16-14-20(15-17-26)33-34(6,7)25(3,4)5/h10-13,20-21H,8-9,14-17H2,1-7H3. The lowest BCUT2D eigenvalue weighted by atomic mass is 9.63. The Labute approximate surface area is 213 Å². The largest absolute Gasteiger partial charge is 0.466 e. The highest BCUT2D eigenvalue weighted by Crippen LogP contribution is 2.48. The van der Waals surface area contributed by atoms with Crippen molar-refractivity contribution < 1.29 is 28.3 Å². The second-order valence-electron chi connectivity index (χ2n) is 10.5. The van der Waals surface area contributed by atoms with Crippen molar-refractivity contribution >= 4 is 42.0 Å². The van der Waals surface area contributed by atoms with Gasteiger partial charge in [-0.2, -0.15) is 0 Å². The molecule has 0 saturated heterocycles. The van der Waals surface area contributed by atoms with Gasteiger partial charge >= 0.3 is 11.9 Å². The third kappa shape index (κ3) is 6.37. The van der Waals surface area contributed by atoms with E-state index in [-0.39, 0.29) is 24.4 Å². The van der Waals surface area contributed by atoms with E-state index < -0.39 is 37.4 Å². The summed E-state index contributed by atoms with van der Waals surface area (Å²) < 4.78 is 18.2. The van der Waals surface area contributed by atoms with E-state index >= 15 is 0 Å². The van der Waals surface area contributed by atoms with Gasteiger partial charge in [0, 0.05) is 16.1 Å². The quantitative estimate of drug-likeness (QED) is 0.154. The van der Waals surface area contributed by atoms with Gasteiger partial charge in [-0.3, -0.25) is 14.4 Å². The highest BCUT2D eigenvalue weighted by molar-refractivity contribution is 9.10. The zero-order valence-electron chi connectivity index (χ0n) is 21.5. The molecule has 0 N–H and O–H groups in total. The first-order chi connectivity index (χ1) is 15.8. The predicted octanol–water partition coefficient (Wildman–Crippen LogP) is 6.33. The van der Waals surface area contributed by atoms with Crippen LogP contribution in [0.4, 0.5) is 0 Å². The van der Waals surface area contributed by atoms with Crippen LogP contribution in [-0.2, 0) is 23.5 Å². The number of carbonyl (C=O) groups excluding carboxylic acids is 3. The van der Waals surface area contributed by atoms with E-state index in [1.165, 1.54) is 0 Å². The number of rotatable bonds is 9. The lowest BCUT2D eigenvalue weighted by Crippen LogP contribution is -2.52. The topological polar surface area (TPSA) is 78.9 Å². The van der Waals surface area contributed by atoms with E-state index in [4.69, 9.17) is 13.9 Å². The van der Waals surface area contributed by atoms with Gasteiger partial charge in [0.15, 0.2) is 14.1 Å². The molecular formula is C26H39BrO6Si. The monoisotopic (exact) mass is 554 g/mol. The average molecular weight is 556 g/mol. The second-order valence-corrected chi connectivity index (χ2v) is 16.2. The lowest BCUT2D eigenvalue weighted by Gasteiger charge is -2.45. The third-order valence-corrected chi connectivity index (χ3v) is 12.3. The molecule has 1 aliphatic carbocycles. The summed E-state index contributed by atoms with van der Waals surface area (Å²) in [7, 11) is -2.00. The molecule has 6 nitrogen and oxygen atoms in total. The second kappa shape index (κ2) is 11.5. The van der Waals surface area contributed by atoms with Crippen LogP contribution in [0.5, 0.6) is 0 Å². The van der Waals surface area contributed by atoms with Gasteiger partial charge in [0.25, 0.3) is 0 Å². The first kappa shape index (κ1) is 28.7. The van der Waals surface area contributed by atoms with E-state index in [0.717, 1.165) is 4.47 Å². The molecule has 1 unspecified atom stereocenters. The number of esters is 2. The maximum Gasteiger partial charge on any atom is 0.318 e. The zero-order chi connectivity index (χ0) is 25.7. The van der Waals surface area contributed by atoms with E-state index in [2.05, 4.69) is 49.8 Å². The van der Waals surface area contributed by atoms with Crippen molar-refractivity contribution in [1.29, 1.82) is 0 Å². The lowest BCUT2D eigenvalue weighted by molar-refractivity contribution is -0.171. The summed E-state index contributed by atoms with van der Waals surface area (Å²) in [5.41, 5.74) is -0.913. The van der Waals surface area contributed by atoms with Crippen LogP contribution in [0.3, 0.4) is 0 Å². The normalized spacial score (nSPS) is 22.1. The first-order valence-electron chi connectivity index (χ1n) is 12.1. The van der Waals surface area contributed by atoms with Crippen LogP contribution in [-0.4, -0.2) is 45.4 Å². The summed E-state index contributed by atoms with van der Waals surface area (Å²) in [5.74, 6) is -2.86. The first-order valence-corrected chi connectivity index (χ1v) is 15.8. The average Bonchev–Trinajstić information content (AvgIpc) is 2.75. The van der Waals surface area contributed by atoms with Gasteiger partial charge in [0.05, 0.1) is 18.6 Å². The molecule has 2 rings (SSSR count). The van der Waals surface area contributed by atoms with Crippen LogP contribution >= 0.6 is 15.9 Å². The summed E-state index contributed by atoms with van der Waals surface area (Å²) in [4.78, 5) is 40.3. The van der Waals surface area contributed by atoms with Gasteiger partial charge in [-0.15, -0.1) is 0 Å². The summed E-state index contributed by atoms with van der Waals surface area (Å²) >= 11 is 3.37. The molecule has 1 atom stereocenters. The van der Waals surface area contributed by atoms with Gasteiger partial charge in [-0.25, -0.2) is 0 Å². The van der Waals surface area contributed by atoms with Gasteiger partial charge in [0.1, 0.15) is 5.92 Å². The van der Waals surface area contributed by atoms with Crippen LogP contribution in [0.2, 0.25) is 18.1 Å². The zero-order valence-corrected chi connectivity index (χ0v) is 24.1. The molecule has 1 fully saturated rings. The number of carbonyl (C=O) groups is 3. The highest BCUT2D eigenvalue weighted by atomic mass is 79.9. The van der Waals surface area contributed by atoms with E-state index in [1.807, 2.05) is 0 Å². The molecule has 34 heavy (non-hydrogen) atoms. The van der Waals surface area contributed by atoms with Crippen LogP contribution in [0.1, 0.15) is 70.7 Å². The van der Waals surface area contributed by atoms with Gasteiger partial charge in [0.2, 0.25) is 0 Å². The minimum Gasteiger partial charge on any atom is -0.466 e. The Morgan fingerprint density at radius 3 is 2.03 bits per heavy atom. The summed E-state index contributed by atoms with van der Waals surface area (Å²) in [5, 5.41) is 0.0632. The Hall–Kier alpha value is -1.51. The van der Waals surface area contributed by atoms with Crippen LogP contribution in [0.25, 0.3) is 0 Å². The number of halogens is 1. The molecule has 1 aromatic carbocycles. The third-order valence-electron chi connectivity index (χ3n) is 7.24. The summed E-state index contributed by atoms with van der Waals surface area (Å²) in [6, 6.07) is 6.81. The van der Waals surface area contributed by atoms with E-state index in [9.17, 15) is 14.4 Å². The number of ketones is 1. The summed E-state index contributed by atoms with van der Waals surface area (Å²) in [6.07, 6.45) is 1.80. The Balaban J connectivity index is 2.43. The highest BCUT2D eigenvalue weighted by Gasteiger charge is 2.56. The molecule has 0 amide bonds. The van der Waals surface area contributed by atoms with Crippen LogP contribution < -0.4 is 0 Å². The van der Waals surface area contributed by atoms with Gasteiger partial charge < -0.3 is 13.9 Å². The molecule has 0 heterocycles. The van der Waals surface area contributed by atoms with Crippen molar-refractivity contribution in [1.82, 2.24) is 0 Å². The van der Waals surface area contributed by atoms with Crippen molar-refractivity contribution in [2.24, 2.45) is 11.3 Å². The molecule has 1 aliphatic rings. The van der Waals surface area contributed by atoms with Crippen molar-refractivity contribution in [3.63, 3.8) is 0 Å². The molecule has 0 aromatic heterocycles. The molecule has 1 aromatic rings. The van der Waals surface area contributed by atoms with Crippen molar-refractivity contribution in [2.45, 2.75) is 84.5 Å². The molecule has 0 radical (unpaired) electrons. The fourth-order valence-corrected chi connectivity index (χ4v) is 5.98. The van der Waals surface area contributed by atoms with E-state index in [0.29, 0.717) is 31.2 Å². The number of ether oxygens (including phenoxy) is 2. The van der Waals surface area contributed by atoms with Crippen molar-refractivity contribution in [3.05, 3.63) is 34.3 Å². The Kier molecular flexibility index (Phi) is 9.70. The van der Waals surface area contributed by atoms with Crippen molar-refractivity contribution in [3.8, 4) is 0 Å². The number of Topliss-reactive ketones (excluding diaryl/α,β-unsaturated/α-hetero) is 1. The van der Waals surface area contributed by atoms with Gasteiger partial charge in [-0.1, -0.05) is 48.8 Å². The van der Waals surface area contributed by atoms with Crippen LogP contribution in [0.15, 0.2) is 28.7 Å². The maximum atomic E-state index is 13.7. The minimum absolute atomic E-state index is 0.0194. The molecular weight excluding hydrogens is 516 g/mol. The summed E-state index contributed by atoms with van der Waals surface area (Å²) in [6.45, 7) is 14.7. The Bertz CT molecular complexity index is 866. The van der Waals surface area contributed by atoms with Crippen molar-refractivity contribution in [2.75, 3.05) is 13.2 Å². The Morgan fingerprint density at radius 2 is 1.56 bits per heavy atom.